The Labute approximate surface area is 118 Å². The number of hydrogen-bond donors (Lipinski definition) is 1. The van der Waals surface area contributed by atoms with Gasteiger partial charge in [-0.2, -0.15) is 11.8 Å². The van der Waals surface area contributed by atoms with E-state index in [0.717, 1.165) is 17.3 Å². The van der Waals surface area contributed by atoms with Gasteiger partial charge in [-0.15, -0.1) is 0 Å². The van der Waals surface area contributed by atoms with E-state index in [1.807, 2.05) is 18.2 Å². The van der Waals surface area contributed by atoms with E-state index in [1.54, 1.807) is 25.8 Å². The number of methoxy groups -OCH3 is 1. The first-order valence-corrected chi connectivity index (χ1v) is 7.45. The minimum Gasteiger partial charge on any atom is -0.497 e. The van der Waals surface area contributed by atoms with Crippen LogP contribution in [0, 0.1) is 0 Å². The average Bonchev–Trinajstić information content (AvgIpc) is 2.43. The van der Waals surface area contributed by atoms with Crippen molar-refractivity contribution < 1.29 is 14.3 Å². The molecule has 0 radical (unpaired) electrons. The molecule has 0 amide bonds. The number of nitrogens with two attached hydrogens (primary N) is 1. The monoisotopic (exact) mass is 283 g/mol. The van der Waals surface area contributed by atoms with Gasteiger partial charge in [0.2, 0.25) is 0 Å². The topological polar surface area (TPSA) is 61.5 Å². The van der Waals surface area contributed by atoms with Crippen LogP contribution in [0.1, 0.15) is 18.9 Å². The summed E-state index contributed by atoms with van der Waals surface area (Å²) in [5.41, 5.74) is 6.92. The molecule has 1 rings (SSSR count). The molecule has 0 heterocycles. The molecular weight excluding hydrogens is 262 g/mol. The third-order valence-electron chi connectivity index (χ3n) is 2.57. The van der Waals surface area contributed by atoms with E-state index >= 15 is 0 Å². The standard InChI is InChI=1S/C14H21NO3S/c1-3-18-14(16)13(15)7-8-19-10-11-5-4-6-12(9-11)17-2/h4-6,9,13H,3,7-8,10,15H2,1-2H3. The van der Waals surface area contributed by atoms with Crippen LogP contribution in [0.4, 0.5) is 0 Å². The first-order chi connectivity index (χ1) is 9.17. The van der Waals surface area contributed by atoms with Crippen molar-refractivity contribution >= 4 is 17.7 Å². The number of hydrogen-bond acceptors (Lipinski definition) is 5. The molecule has 1 atom stereocenters. The molecule has 5 heteroatoms. The van der Waals surface area contributed by atoms with Crippen molar-refractivity contribution in [1.29, 1.82) is 0 Å². The summed E-state index contributed by atoms with van der Waals surface area (Å²) in [4.78, 5) is 11.3. The van der Waals surface area contributed by atoms with Crippen molar-refractivity contribution in [3.63, 3.8) is 0 Å². The Kier molecular flexibility index (Phi) is 7.36. The van der Waals surface area contributed by atoms with Gasteiger partial charge in [-0.25, -0.2) is 0 Å². The van der Waals surface area contributed by atoms with Crippen molar-refractivity contribution in [2.75, 3.05) is 19.5 Å². The van der Waals surface area contributed by atoms with Crippen LogP contribution in [-0.4, -0.2) is 31.5 Å². The number of thioether (sulfide) groups is 1. The fourth-order valence-corrected chi connectivity index (χ4v) is 2.51. The number of rotatable bonds is 8. The van der Waals surface area contributed by atoms with Crippen molar-refractivity contribution in [3.05, 3.63) is 29.8 Å². The van der Waals surface area contributed by atoms with E-state index in [1.165, 1.54) is 5.56 Å². The summed E-state index contributed by atoms with van der Waals surface area (Å²) in [6, 6.07) is 7.45. The van der Waals surface area contributed by atoms with Crippen molar-refractivity contribution in [3.8, 4) is 5.75 Å². The smallest absolute Gasteiger partial charge is 0.322 e. The minimum absolute atomic E-state index is 0.315. The minimum atomic E-state index is -0.516. The Morgan fingerprint density at radius 1 is 1.47 bits per heavy atom. The number of benzene rings is 1. The molecule has 1 unspecified atom stereocenters. The molecule has 0 saturated heterocycles. The average molecular weight is 283 g/mol. The highest BCUT2D eigenvalue weighted by molar-refractivity contribution is 7.98. The first-order valence-electron chi connectivity index (χ1n) is 6.30. The Balaban J connectivity index is 2.25. The second-order valence-electron chi connectivity index (χ2n) is 4.05. The molecule has 0 spiro atoms. The molecule has 1 aromatic carbocycles. The van der Waals surface area contributed by atoms with Gasteiger partial charge < -0.3 is 15.2 Å². The second kappa shape index (κ2) is 8.82. The Morgan fingerprint density at radius 2 is 2.26 bits per heavy atom. The maximum atomic E-state index is 11.3. The summed E-state index contributed by atoms with van der Waals surface area (Å²) in [6.07, 6.45) is 0.632. The molecule has 4 nitrogen and oxygen atoms in total. The van der Waals surface area contributed by atoms with E-state index < -0.39 is 6.04 Å². The van der Waals surface area contributed by atoms with Gasteiger partial charge in [-0.1, -0.05) is 12.1 Å². The van der Waals surface area contributed by atoms with Crippen LogP contribution in [0.25, 0.3) is 0 Å². The van der Waals surface area contributed by atoms with Crippen molar-refractivity contribution in [2.45, 2.75) is 25.1 Å². The summed E-state index contributed by atoms with van der Waals surface area (Å²) >= 11 is 1.75. The van der Waals surface area contributed by atoms with Gasteiger partial charge in [0, 0.05) is 5.75 Å². The fourth-order valence-electron chi connectivity index (χ4n) is 1.53. The van der Waals surface area contributed by atoms with Crippen LogP contribution in [-0.2, 0) is 15.3 Å². The SMILES string of the molecule is CCOC(=O)C(N)CCSCc1cccc(OC)c1. The van der Waals surface area contributed by atoms with Gasteiger partial charge in [0.05, 0.1) is 13.7 Å². The molecule has 0 aliphatic heterocycles. The van der Waals surface area contributed by atoms with Gasteiger partial charge in [0.25, 0.3) is 0 Å². The van der Waals surface area contributed by atoms with Crippen LogP contribution in [0.5, 0.6) is 5.75 Å². The number of carbonyl (C=O) groups is 1. The molecule has 0 aliphatic rings. The maximum Gasteiger partial charge on any atom is 0.322 e. The highest BCUT2D eigenvalue weighted by atomic mass is 32.2. The van der Waals surface area contributed by atoms with E-state index in [0.29, 0.717) is 13.0 Å². The van der Waals surface area contributed by atoms with Crippen LogP contribution in [0.15, 0.2) is 24.3 Å². The number of ether oxygens (including phenoxy) is 2. The first kappa shape index (κ1) is 15.9. The summed E-state index contributed by atoms with van der Waals surface area (Å²) < 4.78 is 10.0. The van der Waals surface area contributed by atoms with E-state index in [2.05, 4.69) is 6.07 Å². The summed E-state index contributed by atoms with van der Waals surface area (Å²) in [7, 11) is 1.66. The maximum absolute atomic E-state index is 11.3. The lowest BCUT2D eigenvalue weighted by Gasteiger charge is -2.10. The highest BCUT2D eigenvalue weighted by Gasteiger charge is 2.13. The molecule has 0 fully saturated rings. The summed E-state index contributed by atoms with van der Waals surface area (Å²) in [5, 5.41) is 0. The van der Waals surface area contributed by atoms with Gasteiger partial charge in [0.15, 0.2) is 0 Å². The molecule has 0 aliphatic carbocycles. The Morgan fingerprint density at radius 3 is 2.95 bits per heavy atom. The largest absolute Gasteiger partial charge is 0.497 e. The second-order valence-corrected chi connectivity index (χ2v) is 5.16. The van der Waals surface area contributed by atoms with Crippen LogP contribution < -0.4 is 10.5 Å². The molecule has 19 heavy (non-hydrogen) atoms. The predicted molar refractivity (Wildman–Crippen MR) is 78.4 cm³/mol. The third kappa shape index (κ3) is 5.98. The van der Waals surface area contributed by atoms with E-state index in [4.69, 9.17) is 15.2 Å². The van der Waals surface area contributed by atoms with E-state index in [9.17, 15) is 4.79 Å². The fraction of sp³-hybridized carbons (Fsp3) is 0.500. The van der Waals surface area contributed by atoms with Crippen molar-refractivity contribution in [2.24, 2.45) is 5.73 Å². The van der Waals surface area contributed by atoms with Gasteiger partial charge >= 0.3 is 5.97 Å². The Hall–Kier alpha value is -1.20. The lowest BCUT2D eigenvalue weighted by atomic mass is 10.2. The van der Waals surface area contributed by atoms with Crippen LogP contribution >= 0.6 is 11.8 Å². The van der Waals surface area contributed by atoms with Crippen LogP contribution in [0.3, 0.4) is 0 Å². The molecular formula is C14H21NO3S. The van der Waals surface area contributed by atoms with Crippen LogP contribution in [0.2, 0.25) is 0 Å². The lowest BCUT2D eigenvalue weighted by Crippen LogP contribution is -2.32. The van der Waals surface area contributed by atoms with Crippen molar-refractivity contribution in [1.82, 2.24) is 0 Å². The normalized spacial score (nSPS) is 11.9. The molecule has 0 saturated carbocycles. The lowest BCUT2D eigenvalue weighted by molar-refractivity contribution is -0.144. The number of carbonyl (C=O) groups excluding carboxylic acids is 1. The highest BCUT2D eigenvalue weighted by Crippen LogP contribution is 2.18. The zero-order chi connectivity index (χ0) is 14.1. The molecule has 106 valence electrons. The quantitative estimate of drug-likeness (QED) is 0.585. The summed E-state index contributed by atoms with van der Waals surface area (Å²) in [5.74, 6) is 2.26. The molecule has 0 bridgehead atoms. The number of esters is 1. The zero-order valence-corrected chi connectivity index (χ0v) is 12.2. The third-order valence-corrected chi connectivity index (χ3v) is 3.63. The van der Waals surface area contributed by atoms with Gasteiger partial charge in [-0.05, 0) is 36.8 Å². The summed E-state index contributed by atoms with van der Waals surface area (Å²) in [6.45, 7) is 2.16. The van der Waals surface area contributed by atoms with Gasteiger partial charge in [0.1, 0.15) is 11.8 Å². The molecule has 0 aromatic heterocycles. The van der Waals surface area contributed by atoms with E-state index in [-0.39, 0.29) is 5.97 Å². The Bertz CT molecular complexity index is 398. The predicted octanol–water partition coefficient (Wildman–Crippen LogP) is 2.21. The molecule has 2 N–H and O–H groups in total. The van der Waals surface area contributed by atoms with Gasteiger partial charge in [-0.3, -0.25) is 4.79 Å². The zero-order valence-electron chi connectivity index (χ0n) is 11.4. The molecule has 1 aromatic rings.